The molecule has 0 amide bonds. The van der Waals surface area contributed by atoms with Gasteiger partial charge in [-0.3, -0.25) is 0 Å². The fourth-order valence-electron chi connectivity index (χ4n) is 2.20. The summed E-state index contributed by atoms with van der Waals surface area (Å²) in [6.07, 6.45) is -4.84. The second-order valence-electron chi connectivity index (χ2n) is 4.70. The van der Waals surface area contributed by atoms with E-state index in [1.165, 1.54) is 0 Å². The Hall–Kier alpha value is -0.250. The Morgan fingerprint density at radius 1 is 0.947 bits per heavy atom. The molecule has 5 atom stereocenters. The Balaban J connectivity index is 2.08. The minimum Gasteiger partial charge on any atom is -0.394 e. The predicted octanol–water partition coefficient (Wildman–Crippen LogP) is -0.324. The third-order valence-corrected chi connectivity index (χ3v) is 4.06. The summed E-state index contributed by atoms with van der Waals surface area (Å²) in [7, 11) is 0. The molecule has 1 fully saturated rings. The summed E-state index contributed by atoms with van der Waals surface area (Å²) in [5, 5.41) is 38.4. The van der Waals surface area contributed by atoms with Crippen LogP contribution in [0.4, 0.5) is 0 Å². The second kappa shape index (κ2) is 6.47. The molecular formula is C13H17IO5. The smallest absolute Gasteiger partial charge is 0.111 e. The molecule has 19 heavy (non-hydrogen) atoms. The zero-order chi connectivity index (χ0) is 14.0. The van der Waals surface area contributed by atoms with E-state index in [9.17, 15) is 15.3 Å². The van der Waals surface area contributed by atoms with Gasteiger partial charge in [0.2, 0.25) is 0 Å². The Morgan fingerprint density at radius 3 is 2.11 bits per heavy atom. The minimum absolute atomic E-state index is 0.395. The summed E-state index contributed by atoms with van der Waals surface area (Å²) < 4.78 is 6.56. The number of aliphatic hydroxyl groups is 4. The lowest BCUT2D eigenvalue weighted by atomic mass is 9.92. The maximum atomic E-state index is 9.92. The molecule has 4 unspecified atom stereocenters. The number of ether oxygens (including phenoxy) is 1. The van der Waals surface area contributed by atoms with Crippen molar-refractivity contribution in [2.45, 2.75) is 36.9 Å². The quantitative estimate of drug-likeness (QED) is 0.540. The molecule has 1 aliphatic rings. The molecule has 1 heterocycles. The van der Waals surface area contributed by atoms with Crippen molar-refractivity contribution < 1.29 is 25.2 Å². The molecule has 106 valence electrons. The average Bonchev–Trinajstić information content (AvgIpc) is 2.42. The largest absolute Gasteiger partial charge is 0.394 e. The summed E-state index contributed by atoms with van der Waals surface area (Å²) in [4.78, 5) is 0. The average molecular weight is 380 g/mol. The summed E-state index contributed by atoms with van der Waals surface area (Å²) in [6, 6.07) is 7.73. The number of hydrogen-bond donors (Lipinski definition) is 4. The third kappa shape index (κ3) is 3.45. The van der Waals surface area contributed by atoms with Gasteiger partial charge in [0.1, 0.15) is 24.4 Å². The Morgan fingerprint density at radius 2 is 1.53 bits per heavy atom. The first-order valence-electron chi connectivity index (χ1n) is 6.08. The lowest BCUT2D eigenvalue weighted by Gasteiger charge is -2.40. The van der Waals surface area contributed by atoms with E-state index in [-0.39, 0.29) is 0 Å². The van der Waals surface area contributed by atoms with Crippen LogP contribution in [0.15, 0.2) is 24.3 Å². The highest BCUT2D eigenvalue weighted by Crippen LogP contribution is 2.24. The lowest BCUT2D eigenvalue weighted by Crippen LogP contribution is -2.58. The fourth-order valence-corrected chi connectivity index (χ4v) is 2.56. The van der Waals surface area contributed by atoms with Crippen molar-refractivity contribution in [3.8, 4) is 0 Å². The Bertz CT molecular complexity index is 408. The van der Waals surface area contributed by atoms with Crippen LogP contribution < -0.4 is 0 Å². The SMILES string of the molecule is OC[C@H]1OC(Cc2ccc(I)cc2)C(O)C(O)C1O. The van der Waals surface area contributed by atoms with Crippen molar-refractivity contribution in [3.05, 3.63) is 33.4 Å². The molecule has 0 bridgehead atoms. The van der Waals surface area contributed by atoms with Crippen molar-refractivity contribution in [1.82, 2.24) is 0 Å². The normalized spacial score (nSPS) is 35.3. The van der Waals surface area contributed by atoms with E-state index >= 15 is 0 Å². The van der Waals surface area contributed by atoms with Gasteiger partial charge < -0.3 is 25.2 Å². The molecule has 5 nitrogen and oxygen atoms in total. The monoisotopic (exact) mass is 380 g/mol. The first kappa shape index (κ1) is 15.1. The second-order valence-corrected chi connectivity index (χ2v) is 5.94. The molecule has 0 radical (unpaired) electrons. The van der Waals surface area contributed by atoms with Gasteiger partial charge in [-0.15, -0.1) is 0 Å². The molecule has 0 spiro atoms. The van der Waals surface area contributed by atoms with Gasteiger partial charge in [-0.25, -0.2) is 0 Å². The molecule has 2 rings (SSSR count). The molecule has 1 aliphatic heterocycles. The molecule has 0 saturated carbocycles. The van der Waals surface area contributed by atoms with E-state index in [0.29, 0.717) is 6.42 Å². The van der Waals surface area contributed by atoms with Crippen molar-refractivity contribution in [1.29, 1.82) is 0 Å². The number of rotatable bonds is 3. The topological polar surface area (TPSA) is 90.2 Å². The van der Waals surface area contributed by atoms with Crippen LogP contribution in [0.2, 0.25) is 0 Å². The summed E-state index contributed by atoms with van der Waals surface area (Å²) in [5.74, 6) is 0. The van der Waals surface area contributed by atoms with Gasteiger partial charge in [-0.05, 0) is 40.3 Å². The Labute approximate surface area is 125 Å². The van der Waals surface area contributed by atoms with Gasteiger partial charge in [0.05, 0.1) is 12.7 Å². The maximum absolute atomic E-state index is 9.92. The lowest BCUT2D eigenvalue weighted by molar-refractivity contribution is -0.228. The molecule has 1 saturated heterocycles. The minimum atomic E-state index is -1.31. The molecule has 1 aromatic carbocycles. The van der Waals surface area contributed by atoms with E-state index in [0.717, 1.165) is 9.13 Å². The van der Waals surface area contributed by atoms with Crippen LogP contribution in [0.25, 0.3) is 0 Å². The van der Waals surface area contributed by atoms with E-state index in [4.69, 9.17) is 9.84 Å². The third-order valence-electron chi connectivity index (χ3n) is 3.34. The Kier molecular flexibility index (Phi) is 5.15. The van der Waals surface area contributed by atoms with Crippen LogP contribution in [-0.2, 0) is 11.2 Å². The van der Waals surface area contributed by atoms with E-state index < -0.39 is 37.1 Å². The fraction of sp³-hybridized carbons (Fsp3) is 0.538. The zero-order valence-electron chi connectivity index (χ0n) is 10.2. The number of benzene rings is 1. The first-order chi connectivity index (χ1) is 9.02. The molecule has 6 heteroatoms. The number of halogens is 1. The highest BCUT2D eigenvalue weighted by molar-refractivity contribution is 14.1. The van der Waals surface area contributed by atoms with Crippen LogP contribution in [0.3, 0.4) is 0 Å². The summed E-state index contributed by atoms with van der Waals surface area (Å²) >= 11 is 2.20. The predicted molar refractivity (Wildman–Crippen MR) is 76.6 cm³/mol. The van der Waals surface area contributed by atoms with Crippen molar-refractivity contribution >= 4 is 22.6 Å². The van der Waals surface area contributed by atoms with Crippen LogP contribution in [0.1, 0.15) is 5.56 Å². The zero-order valence-corrected chi connectivity index (χ0v) is 12.3. The summed E-state index contributed by atoms with van der Waals surface area (Å²) in [5.41, 5.74) is 0.963. The molecular weight excluding hydrogens is 363 g/mol. The maximum Gasteiger partial charge on any atom is 0.111 e. The van der Waals surface area contributed by atoms with Gasteiger partial charge >= 0.3 is 0 Å². The van der Waals surface area contributed by atoms with Gasteiger partial charge in [0, 0.05) is 9.99 Å². The molecule has 1 aromatic rings. The van der Waals surface area contributed by atoms with Crippen molar-refractivity contribution in [2.75, 3.05) is 6.61 Å². The molecule has 0 aromatic heterocycles. The molecule has 0 aliphatic carbocycles. The van der Waals surface area contributed by atoms with Crippen LogP contribution >= 0.6 is 22.6 Å². The van der Waals surface area contributed by atoms with Crippen LogP contribution in [-0.4, -0.2) is 57.6 Å². The van der Waals surface area contributed by atoms with Gasteiger partial charge in [-0.2, -0.15) is 0 Å². The van der Waals surface area contributed by atoms with Crippen LogP contribution in [0.5, 0.6) is 0 Å². The van der Waals surface area contributed by atoms with E-state index in [1.807, 2.05) is 24.3 Å². The van der Waals surface area contributed by atoms with Crippen molar-refractivity contribution in [3.63, 3.8) is 0 Å². The van der Waals surface area contributed by atoms with Gasteiger partial charge in [0.15, 0.2) is 0 Å². The van der Waals surface area contributed by atoms with Gasteiger partial charge in [-0.1, -0.05) is 12.1 Å². The standard InChI is InChI=1S/C13H17IO5/c14-8-3-1-7(2-4-8)5-9-11(16)13(18)12(17)10(6-15)19-9/h1-4,9-13,15-18H,5-6H2/t9?,10-,11?,12?,13?/m1/s1. The number of hydrogen-bond acceptors (Lipinski definition) is 5. The van der Waals surface area contributed by atoms with E-state index in [2.05, 4.69) is 22.6 Å². The summed E-state index contributed by atoms with van der Waals surface area (Å²) in [6.45, 7) is -0.395. The van der Waals surface area contributed by atoms with Gasteiger partial charge in [0.25, 0.3) is 0 Å². The number of aliphatic hydroxyl groups excluding tert-OH is 4. The molecule has 4 N–H and O–H groups in total. The highest BCUT2D eigenvalue weighted by Gasteiger charge is 2.43. The van der Waals surface area contributed by atoms with Crippen molar-refractivity contribution in [2.24, 2.45) is 0 Å². The van der Waals surface area contributed by atoms with E-state index in [1.54, 1.807) is 0 Å². The van der Waals surface area contributed by atoms with Crippen LogP contribution in [0, 0.1) is 3.57 Å². The highest BCUT2D eigenvalue weighted by atomic mass is 127. The first-order valence-corrected chi connectivity index (χ1v) is 7.15.